The first-order valence-corrected chi connectivity index (χ1v) is 4.93. The van der Waals surface area contributed by atoms with Gasteiger partial charge in [0.1, 0.15) is 0 Å². The summed E-state index contributed by atoms with van der Waals surface area (Å²) in [5, 5.41) is 0. The van der Waals surface area contributed by atoms with Crippen LogP contribution in [0, 0.1) is 0 Å². The Kier molecular flexibility index (Phi) is 3.17. The van der Waals surface area contributed by atoms with Crippen LogP contribution in [0.5, 0.6) is 0 Å². The molecule has 1 aliphatic heterocycles. The van der Waals surface area contributed by atoms with Crippen molar-refractivity contribution in [3.05, 3.63) is 0 Å². The van der Waals surface area contributed by atoms with Crippen molar-refractivity contribution in [1.82, 2.24) is 0 Å². The van der Waals surface area contributed by atoms with Gasteiger partial charge in [0.15, 0.2) is 0 Å². The minimum atomic E-state index is -4.03. The first kappa shape index (κ1) is 10.1. The lowest BCUT2D eigenvalue weighted by atomic mass is 10.2. The SMILES string of the molecule is O=P1(O)OCCC(CC(F)F)O1. The Morgan fingerprint density at radius 3 is 2.83 bits per heavy atom. The largest absolute Gasteiger partial charge is 0.472 e. The minimum Gasteiger partial charge on any atom is -0.302 e. The standard InChI is InChI=1S/C5H9F2O4P/c6-5(7)3-4-1-2-10-12(8,9)11-4/h4-5H,1-3H2,(H,8,9). The highest BCUT2D eigenvalue weighted by atomic mass is 31.2. The third kappa shape index (κ3) is 3.15. The molecule has 0 saturated carbocycles. The topological polar surface area (TPSA) is 55.8 Å². The summed E-state index contributed by atoms with van der Waals surface area (Å²) < 4.78 is 43.0. The van der Waals surface area contributed by atoms with Crippen molar-refractivity contribution >= 4 is 7.82 Å². The van der Waals surface area contributed by atoms with E-state index in [4.69, 9.17) is 4.89 Å². The molecular formula is C5H9F2O4P. The Bertz CT molecular complexity index is 198. The monoisotopic (exact) mass is 202 g/mol. The van der Waals surface area contributed by atoms with Crippen LogP contribution in [-0.2, 0) is 13.6 Å². The number of phosphoric acid groups is 1. The molecule has 1 fully saturated rings. The van der Waals surface area contributed by atoms with Crippen molar-refractivity contribution in [3.63, 3.8) is 0 Å². The quantitative estimate of drug-likeness (QED) is 0.690. The van der Waals surface area contributed by atoms with E-state index in [2.05, 4.69) is 9.05 Å². The predicted octanol–water partition coefficient (Wildman–Crippen LogP) is 1.55. The highest BCUT2D eigenvalue weighted by Gasteiger charge is 2.32. The van der Waals surface area contributed by atoms with E-state index in [1.54, 1.807) is 0 Å². The molecule has 0 amide bonds. The number of hydrogen-bond donors (Lipinski definition) is 1. The van der Waals surface area contributed by atoms with Gasteiger partial charge >= 0.3 is 7.82 Å². The summed E-state index contributed by atoms with van der Waals surface area (Å²) in [5.41, 5.74) is 0. The van der Waals surface area contributed by atoms with Gasteiger partial charge in [-0.1, -0.05) is 0 Å². The van der Waals surface area contributed by atoms with Crippen LogP contribution in [0.1, 0.15) is 12.8 Å². The van der Waals surface area contributed by atoms with Crippen LogP contribution in [0.25, 0.3) is 0 Å². The normalized spacial score (nSPS) is 37.2. The molecule has 0 aliphatic carbocycles. The van der Waals surface area contributed by atoms with Crippen LogP contribution < -0.4 is 0 Å². The molecule has 0 aromatic carbocycles. The fourth-order valence-electron chi connectivity index (χ4n) is 0.931. The van der Waals surface area contributed by atoms with Crippen LogP contribution in [0.2, 0.25) is 0 Å². The number of rotatable bonds is 2. The molecule has 0 bridgehead atoms. The summed E-state index contributed by atoms with van der Waals surface area (Å²) in [5.74, 6) is 0. The van der Waals surface area contributed by atoms with Crippen molar-refractivity contribution in [2.75, 3.05) is 6.61 Å². The van der Waals surface area contributed by atoms with Crippen molar-refractivity contribution < 1.29 is 27.3 Å². The molecule has 0 spiro atoms. The molecule has 1 rings (SSSR count). The smallest absolute Gasteiger partial charge is 0.302 e. The van der Waals surface area contributed by atoms with Gasteiger partial charge in [-0.15, -0.1) is 0 Å². The molecule has 72 valence electrons. The molecule has 1 saturated heterocycles. The second-order valence-corrected chi connectivity index (χ2v) is 3.85. The zero-order valence-electron chi connectivity index (χ0n) is 6.15. The lowest BCUT2D eigenvalue weighted by Crippen LogP contribution is -2.22. The van der Waals surface area contributed by atoms with Gasteiger partial charge in [0.05, 0.1) is 12.7 Å². The number of phosphoric ester groups is 1. The van der Waals surface area contributed by atoms with Gasteiger partial charge in [0.2, 0.25) is 6.43 Å². The van der Waals surface area contributed by atoms with Crippen LogP contribution in [0.3, 0.4) is 0 Å². The van der Waals surface area contributed by atoms with Crippen molar-refractivity contribution in [1.29, 1.82) is 0 Å². The molecule has 1 heterocycles. The molecule has 7 heteroatoms. The predicted molar refractivity (Wildman–Crippen MR) is 35.9 cm³/mol. The molecule has 2 atom stereocenters. The highest BCUT2D eigenvalue weighted by Crippen LogP contribution is 2.48. The fraction of sp³-hybridized carbons (Fsp3) is 1.00. The van der Waals surface area contributed by atoms with Crippen LogP contribution in [0.15, 0.2) is 0 Å². The molecule has 1 aliphatic rings. The van der Waals surface area contributed by atoms with Gasteiger partial charge in [0.25, 0.3) is 0 Å². The van der Waals surface area contributed by atoms with Gasteiger partial charge < -0.3 is 4.89 Å². The maximum absolute atomic E-state index is 11.8. The molecule has 0 aromatic heterocycles. The summed E-state index contributed by atoms with van der Waals surface area (Å²) in [6.07, 6.45) is -3.68. The lowest BCUT2D eigenvalue weighted by Gasteiger charge is -2.25. The molecule has 12 heavy (non-hydrogen) atoms. The highest BCUT2D eigenvalue weighted by molar-refractivity contribution is 7.47. The van der Waals surface area contributed by atoms with Gasteiger partial charge in [-0.2, -0.15) is 0 Å². The van der Waals surface area contributed by atoms with Gasteiger partial charge in [-0.3, -0.25) is 9.05 Å². The zero-order valence-corrected chi connectivity index (χ0v) is 7.05. The van der Waals surface area contributed by atoms with E-state index in [0.717, 1.165) is 0 Å². The molecule has 4 nitrogen and oxygen atoms in total. The van der Waals surface area contributed by atoms with E-state index in [1.165, 1.54) is 0 Å². The van der Waals surface area contributed by atoms with E-state index >= 15 is 0 Å². The molecule has 0 radical (unpaired) electrons. The average Bonchev–Trinajstić information content (AvgIpc) is 1.82. The third-order valence-corrected chi connectivity index (χ3v) is 2.49. The van der Waals surface area contributed by atoms with Gasteiger partial charge in [-0.25, -0.2) is 13.3 Å². The maximum Gasteiger partial charge on any atom is 0.472 e. The number of halogens is 2. The first-order chi connectivity index (χ1) is 5.49. The van der Waals surface area contributed by atoms with E-state index < -0.39 is 26.8 Å². The second kappa shape index (κ2) is 3.79. The molecular weight excluding hydrogens is 193 g/mol. The third-order valence-electron chi connectivity index (χ3n) is 1.42. The molecule has 0 aromatic rings. The summed E-state index contributed by atoms with van der Waals surface area (Å²) >= 11 is 0. The molecule has 2 unspecified atom stereocenters. The van der Waals surface area contributed by atoms with Gasteiger partial charge in [0, 0.05) is 6.42 Å². The number of alkyl halides is 2. The van der Waals surface area contributed by atoms with Crippen molar-refractivity contribution in [3.8, 4) is 0 Å². The summed E-state index contributed by atoms with van der Waals surface area (Å²) in [6.45, 7) is -0.00877. The van der Waals surface area contributed by atoms with E-state index in [9.17, 15) is 13.3 Å². The van der Waals surface area contributed by atoms with Crippen molar-refractivity contribution in [2.45, 2.75) is 25.4 Å². The average molecular weight is 202 g/mol. The van der Waals surface area contributed by atoms with Crippen molar-refractivity contribution in [2.24, 2.45) is 0 Å². The van der Waals surface area contributed by atoms with E-state index in [0.29, 0.717) is 0 Å². The Labute approximate surface area is 68.1 Å². The fourth-order valence-corrected chi connectivity index (χ4v) is 1.90. The van der Waals surface area contributed by atoms with E-state index in [1.807, 2.05) is 0 Å². The summed E-state index contributed by atoms with van der Waals surface area (Å²) in [4.78, 5) is 8.72. The van der Waals surface area contributed by atoms with E-state index in [-0.39, 0.29) is 13.0 Å². The Balaban J connectivity index is 2.41. The minimum absolute atomic E-state index is 0.00877. The Hall–Kier alpha value is -0.0300. The zero-order chi connectivity index (χ0) is 9.19. The van der Waals surface area contributed by atoms with Crippen LogP contribution >= 0.6 is 7.82 Å². The maximum atomic E-state index is 11.8. The summed E-state index contributed by atoms with van der Waals surface area (Å²) in [7, 11) is -4.03. The first-order valence-electron chi connectivity index (χ1n) is 3.43. The van der Waals surface area contributed by atoms with Gasteiger partial charge in [-0.05, 0) is 6.42 Å². The van der Waals surface area contributed by atoms with Crippen LogP contribution in [0.4, 0.5) is 8.78 Å². The second-order valence-electron chi connectivity index (χ2n) is 2.44. The summed E-state index contributed by atoms with van der Waals surface area (Å²) in [6, 6.07) is 0. The van der Waals surface area contributed by atoms with Crippen LogP contribution in [-0.4, -0.2) is 24.0 Å². The Morgan fingerprint density at radius 2 is 2.33 bits per heavy atom. The lowest BCUT2D eigenvalue weighted by molar-refractivity contribution is 0.00892. The number of hydrogen-bond acceptors (Lipinski definition) is 3. The Morgan fingerprint density at radius 1 is 1.67 bits per heavy atom. The molecule has 1 N–H and O–H groups in total.